The second kappa shape index (κ2) is 5.06. The molecule has 3 heteroatoms. The van der Waals surface area contributed by atoms with Gasteiger partial charge in [-0.1, -0.05) is 37.3 Å². The van der Waals surface area contributed by atoms with Crippen LogP contribution in [0.4, 0.5) is 0 Å². The Bertz CT molecular complexity index is 549. The number of nitrogens with two attached hydrogens (primary N) is 1. The number of hydrogen-bond acceptors (Lipinski definition) is 3. The Morgan fingerprint density at radius 3 is 2.84 bits per heavy atom. The number of benzene rings is 1. The van der Waals surface area contributed by atoms with Gasteiger partial charge in [-0.15, -0.1) is 11.3 Å². The maximum atomic E-state index is 6.04. The van der Waals surface area contributed by atoms with Crippen LogP contribution in [0.15, 0.2) is 35.7 Å². The van der Waals surface area contributed by atoms with Gasteiger partial charge in [-0.3, -0.25) is 0 Å². The normalized spacial score (nSPS) is 26.7. The molecule has 1 heterocycles. The van der Waals surface area contributed by atoms with E-state index in [1.54, 1.807) is 11.3 Å². The number of thiazole rings is 1. The largest absolute Gasteiger partial charge is 0.328 e. The fourth-order valence-corrected chi connectivity index (χ4v) is 4.05. The van der Waals surface area contributed by atoms with Crippen LogP contribution < -0.4 is 5.73 Å². The standard InChI is InChI=1S/C16H20N2S/c1-16(8-7-13(17)9-16)10-15-18-14(11-19-15)12-5-3-2-4-6-12/h2-6,11,13H,7-10,17H2,1H3. The van der Waals surface area contributed by atoms with E-state index in [2.05, 4.69) is 36.6 Å². The van der Waals surface area contributed by atoms with Crippen LogP contribution in [-0.2, 0) is 6.42 Å². The summed E-state index contributed by atoms with van der Waals surface area (Å²) >= 11 is 1.78. The second-order valence-corrected chi connectivity index (χ2v) is 6.93. The Kier molecular flexibility index (Phi) is 3.42. The lowest BCUT2D eigenvalue weighted by Crippen LogP contribution is -2.21. The Balaban J connectivity index is 1.75. The van der Waals surface area contributed by atoms with E-state index in [4.69, 9.17) is 10.7 Å². The molecule has 2 aromatic rings. The number of nitrogens with zero attached hydrogens (tertiary/aromatic N) is 1. The van der Waals surface area contributed by atoms with Crippen LogP contribution in [0, 0.1) is 5.41 Å². The molecule has 1 fully saturated rings. The first-order chi connectivity index (χ1) is 9.15. The minimum Gasteiger partial charge on any atom is -0.328 e. The van der Waals surface area contributed by atoms with Gasteiger partial charge in [0.15, 0.2) is 0 Å². The molecule has 1 aromatic heterocycles. The highest BCUT2D eigenvalue weighted by atomic mass is 32.1. The molecule has 0 aliphatic heterocycles. The monoisotopic (exact) mass is 272 g/mol. The van der Waals surface area contributed by atoms with Gasteiger partial charge in [0.2, 0.25) is 0 Å². The smallest absolute Gasteiger partial charge is 0.0938 e. The Labute approximate surface area is 118 Å². The minimum absolute atomic E-state index is 0.352. The van der Waals surface area contributed by atoms with Crippen molar-refractivity contribution in [2.24, 2.45) is 11.1 Å². The molecule has 1 aliphatic rings. The molecule has 2 nitrogen and oxygen atoms in total. The van der Waals surface area contributed by atoms with Crippen LogP contribution in [0.25, 0.3) is 11.3 Å². The van der Waals surface area contributed by atoms with Crippen molar-refractivity contribution in [3.8, 4) is 11.3 Å². The molecular formula is C16H20N2S. The topological polar surface area (TPSA) is 38.9 Å². The molecule has 0 spiro atoms. The van der Waals surface area contributed by atoms with Crippen molar-refractivity contribution in [3.05, 3.63) is 40.7 Å². The molecule has 1 aromatic carbocycles. The summed E-state index contributed by atoms with van der Waals surface area (Å²) < 4.78 is 0. The molecule has 2 atom stereocenters. The zero-order valence-electron chi connectivity index (χ0n) is 11.3. The average molecular weight is 272 g/mol. The molecule has 0 saturated heterocycles. The van der Waals surface area contributed by atoms with Crippen LogP contribution in [0.1, 0.15) is 31.2 Å². The van der Waals surface area contributed by atoms with Gasteiger partial charge >= 0.3 is 0 Å². The molecular weight excluding hydrogens is 252 g/mol. The van der Waals surface area contributed by atoms with Crippen LogP contribution in [0.3, 0.4) is 0 Å². The van der Waals surface area contributed by atoms with E-state index in [-0.39, 0.29) is 0 Å². The molecule has 0 bridgehead atoms. The number of rotatable bonds is 3. The van der Waals surface area contributed by atoms with E-state index in [1.165, 1.54) is 17.0 Å². The van der Waals surface area contributed by atoms with E-state index < -0.39 is 0 Å². The fourth-order valence-electron chi connectivity index (χ4n) is 3.03. The van der Waals surface area contributed by atoms with E-state index in [1.807, 2.05) is 6.07 Å². The molecule has 1 saturated carbocycles. The highest BCUT2D eigenvalue weighted by Crippen LogP contribution is 2.40. The van der Waals surface area contributed by atoms with Crippen LogP contribution >= 0.6 is 11.3 Å². The summed E-state index contributed by atoms with van der Waals surface area (Å²) in [5.41, 5.74) is 8.71. The maximum absolute atomic E-state index is 6.04. The summed E-state index contributed by atoms with van der Waals surface area (Å²) in [5.74, 6) is 0. The predicted octanol–water partition coefficient (Wildman–Crippen LogP) is 3.87. The zero-order valence-corrected chi connectivity index (χ0v) is 12.1. The van der Waals surface area contributed by atoms with Gasteiger partial charge in [0.25, 0.3) is 0 Å². The van der Waals surface area contributed by atoms with Crippen molar-refractivity contribution >= 4 is 11.3 Å². The summed E-state index contributed by atoms with van der Waals surface area (Å²) in [5, 5.41) is 3.42. The first-order valence-corrected chi connectivity index (χ1v) is 7.78. The zero-order chi connectivity index (χ0) is 13.3. The van der Waals surface area contributed by atoms with E-state index in [0.717, 1.165) is 25.0 Å². The summed E-state index contributed by atoms with van der Waals surface area (Å²) in [7, 11) is 0. The summed E-state index contributed by atoms with van der Waals surface area (Å²) in [4.78, 5) is 4.79. The molecule has 0 radical (unpaired) electrons. The summed E-state index contributed by atoms with van der Waals surface area (Å²) in [6.45, 7) is 2.35. The van der Waals surface area contributed by atoms with Crippen LogP contribution in [0.5, 0.6) is 0 Å². The van der Waals surface area contributed by atoms with Crippen LogP contribution in [0.2, 0.25) is 0 Å². The number of hydrogen-bond donors (Lipinski definition) is 1. The predicted molar refractivity (Wildman–Crippen MR) is 81.2 cm³/mol. The van der Waals surface area contributed by atoms with Gasteiger partial charge in [-0.25, -0.2) is 4.98 Å². The minimum atomic E-state index is 0.352. The lowest BCUT2D eigenvalue weighted by molar-refractivity contribution is 0.329. The maximum Gasteiger partial charge on any atom is 0.0938 e. The van der Waals surface area contributed by atoms with Crippen molar-refractivity contribution in [2.75, 3.05) is 0 Å². The van der Waals surface area contributed by atoms with Crippen molar-refractivity contribution in [1.29, 1.82) is 0 Å². The average Bonchev–Trinajstić information content (AvgIpc) is 2.98. The van der Waals surface area contributed by atoms with Crippen molar-refractivity contribution in [1.82, 2.24) is 4.98 Å². The van der Waals surface area contributed by atoms with Crippen molar-refractivity contribution in [2.45, 2.75) is 38.6 Å². The Hall–Kier alpha value is -1.19. The van der Waals surface area contributed by atoms with Crippen molar-refractivity contribution in [3.63, 3.8) is 0 Å². The second-order valence-electron chi connectivity index (χ2n) is 5.98. The van der Waals surface area contributed by atoms with Crippen LogP contribution in [-0.4, -0.2) is 11.0 Å². The van der Waals surface area contributed by atoms with E-state index in [0.29, 0.717) is 11.5 Å². The van der Waals surface area contributed by atoms with Gasteiger partial charge in [-0.2, -0.15) is 0 Å². The van der Waals surface area contributed by atoms with Gasteiger partial charge in [0.05, 0.1) is 10.7 Å². The lowest BCUT2D eigenvalue weighted by Gasteiger charge is -2.22. The summed E-state index contributed by atoms with van der Waals surface area (Å²) in [6.07, 6.45) is 4.59. The lowest BCUT2D eigenvalue weighted by atomic mass is 9.85. The molecule has 2 N–H and O–H groups in total. The fraction of sp³-hybridized carbons (Fsp3) is 0.438. The van der Waals surface area contributed by atoms with Crippen molar-refractivity contribution < 1.29 is 0 Å². The number of aromatic nitrogens is 1. The SMILES string of the molecule is CC1(Cc2nc(-c3ccccc3)cs2)CCC(N)C1. The molecule has 3 rings (SSSR count). The highest BCUT2D eigenvalue weighted by Gasteiger charge is 2.34. The molecule has 100 valence electrons. The molecule has 1 aliphatic carbocycles. The van der Waals surface area contributed by atoms with Gasteiger partial charge < -0.3 is 5.73 Å². The van der Waals surface area contributed by atoms with Gasteiger partial charge in [-0.05, 0) is 24.7 Å². The Morgan fingerprint density at radius 2 is 2.16 bits per heavy atom. The first-order valence-electron chi connectivity index (χ1n) is 6.90. The highest BCUT2D eigenvalue weighted by molar-refractivity contribution is 7.09. The molecule has 19 heavy (non-hydrogen) atoms. The molecule has 2 unspecified atom stereocenters. The van der Waals surface area contributed by atoms with Gasteiger partial charge in [0.1, 0.15) is 0 Å². The Morgan fingerprint density at radius 1 is 1.37 bits per heavy atom. The third-order valence-electron chi connectivity index (χ3n) is 4.07. The van der Waals surface area contributed by atoms with Gasteiger partial charge in [0, 0.05) is 23.4 Å². The molecule has 0 amide bonds. The quantitative estimate of drug-likeness (QED) is 0.921. The van der Waals surface area contributed by atoms with E-state index >= 15 is 0 Å². The third-order valence-corrected chi connectivity index (χ3v) is 4.92. The summed E-state index contributed by atoms with van der Waals surface area (Å²) in [6, 6.07) is 10.8. The third kappa shape index (κ3) is 2.88. The first kappa shape index (κ1) is 12.8. The van der Waals surface area contributed by atoms with E-state index in [9.17, 15) is 0 Å².